The number of piperidine rings is 1. The number of nitro groups is 1. The number of nitrogens with zero attached hydrogens (tertiary/aromatic N) is 1. The van der Waals surface area contributed by atoms with E-state index in [4.69, 9.17) is 0 Å². The lowest BCUT2D eigenvalue weighted by atomic mass is 10.1. The normalized spacial score (nSPS) is 18.2. The number of non-ortho nitro benzene ring substituents is 1. The molecular formula is C12H12IN3O4. The van der Waals surface area contributed by atoms with Crippen LogP contribution in [-0.4, -0.2) is 29.3 Å². The molecule has 2 amide bonds. The number of halogens is 1. The molecule has 1 unspecified atom stereocenters. The van der Waals surface area contributed by atoms with Crippen LogP contribution in [0.5, 0.6) is 0 Å². The number of hydrogen-bond donors (Lipinski definition) is 2. The van der Waals surface area contributed by atoms with Crippen LogP contribution in [0.3, 0.4) is 0 Å². The first kappa shape index (κ1) is 14.7. The number of nitrogens with one attached hydrogen (secondary N) is 2. The molecule has 0 spiro atoms. The summed E-state index contributed by atoms with van der Waals surface area (Å²) < 4.78 is 0.599. The highest BCUT2D eigenvalue weighted by Gasteiger charge is 2.25. The second-order valence-corrected chi connectivity index (χ2v) is 5.54. The van der Waals surface area contributed by atoms with Crippen molar-refractivity contribution >= 4 is 40.1 Å². The van der Waals surface area contributed by atoms with Crippen LogP contribution in [0.1, 0.15) is 23.2 Å². The lowest BCUT2D eigenvalue weighted by molar-refractivity contribution is -0.384. The monoisotopic (exact) mass is 389 g/mol. The third-order valence-electron chi connectivity index (χ3n) is 3.00. The molecule has 1 aromatic carbocycles. The molecule has 1 fully saturated rings. The van der Waals surface area contributed by atoms with Crippen molar-refractivity contribution in [2.45, 2.75) is 18.9 Å². The Morgan fingerprint density at radius 1 is 1.50 bits per heavy atom. The van der Waals surface area contributed by atoms with Gasteiger partial charge in [0.2, 0.25) is 5.91 Å². The largest absolute Gasteiger partial charge is 0.354 e. The van der Waals surface area contributed by atoms with Crippen molar-refractivity contribution in [2.75, 3.05) is 6.54 Å². The Hall–Kier alpha value is -1.71. The highest BCUT2D eigenvalue weighted by molar-refractivity contribution is 14.1. The fourth-order valence-corrected chi connectivity index (χ4v) is 2.53. The van der Waals surface area contributed by atoms with Crippen LogP contribution in [0, 0.1) is 13.7 Å². The van der Waals surface area contributed by atoms with Gasteiger partial charge in [-0.1, -0.05) is 0 Å². The first-order valence-electron chi connectivity index (χ1n) is 6.01. The molecule has 1 heterocycles. The van der Waals surface area contributed by atoms with Crippen molar-refractivity contribution in [1.82, 2.24) is 10.6 Å². The van der Waals surface area contributed by atoms with E-state index < -0.39 is 16.9 Å². The average Bonchev–Trinajstić information content (AvgIpc) is 2.41. The molecule has 7 nitrogen and oxygen atoms in total. The minimum atomic E-state index is -0.577. The topological polar surface area (TPSA) is 101 Å². The van der Waals surface area contributed by atoms with Crippen molar-refractivity contribution in [2.24, 2.45) is 0 Å². The Kier molecular flexibility index (Phi) is 4.53. The number of carbonyl (C=O) groups excluding carboxylic acids is 2. The average molecular weight is 389 g/mol. The summed E-state index contributed by atoms with van der Waals surface area (Å²) in [5.41, 5.74) is 0.0573. The number of hydrogen-bond acceptors (Lipinski definition) is 4. The van der Waals surface area contributed by atoms with Crippen molar-refractivity contribution in [3.63, 3.8) is 0 Å². The number of benzene rings is 1. The predicted molar refractivity (Wildman–Crippen MR) is 79.3 cm³/mol. The fourth-order valence-electron chi connectivity index (χ4n) is 1.95. The van der Waals surface area contributed by atoms with Crippen LogP contribution in [0.4, 0.5) is 5.69 Å². The van der Waals surface area contributed by atoms with Gasteiger partial charge in [0.1, 0.15) is 6.04 Å². The molecule has 106 valence electrons. The predicted octanol–water partition coefficient (Wildman–Crippen LogP) is 1.21. The molecule has 0 radical (unpaired) electrons. The number of amides is 2. The van der Waals surface area contributed by atoms with Gasteiger partial charge in [0.05, 0.1) is 10.5 Å². The number of rotatable bonds is 3. The molecule has 1 atom stereocenters. The Balaban J connectivity index is 2.18. The summed E-state index contributed by atoms with van der Waals surface area (Å²) in [6, 6.07) is 3.49. The van der Waals surface area contributed by atoms with Gasteiger partial charge in [-0.25, -0.2) is 0 Å². The van der Waals surface area contributed by atoms with Gasteiger partial charge in [-0.05, 0) is 41.5 Å². The summed E-state index contributed by atoms with van der Waals surface area (Å²) in [6.07, 6.45) is 1.37. The minimum Gasteiger partial charge on any atom is -0.354 e. The molecule has 8 heteroatoms. The van der Waals surface area contributed by atoms with Gasteiger partial charge in [-0.3, -0.25) is 19.7 Å². The highest BCUT2D eigenvalue weighted by Crippen LogP contribution is 2.20. The van der Waals surface area contributed by atoms with E-state index in [0.717, 1.165) is 6.42 Å². The molecular weight excluding hydrogens is 377 g/mol. The van der Waals surface area contributed by atoms with Gasteiger partial charge < -0.3 is 10.6 Å². The van der Waals surface area contributed by atoms with Gasteiger partial charge in [0, 0.05) is 22.2 Å². The van der Waals surface area contributed by atoms with Gasteiger partial charge in [-0.2, -0.15) is 0 Å². The van der Waals surface area contributed by atoms with E-state index in [0.29, 0.717) is 16.5 Å². The lowest BCUT2D eigenvalue weighted by Gasteiger charge is -2.22. The summed E-state index contributed by atoms with van der Waals surface area (Å²) in [5, 5.41) is 16.0. The zero-order valence-electron chi connectivity index (χ0n) is 10.4. The molecule has 0 aromatic heterocycles. The molecule has 20 heavy (non-hydrogen) atoms. The molecule has 1 aromatic rings. The molecule has 2 N–H and O–H groups in total. The summed E-state index contributed by atoms with van der Waals surface area (Å²) in [7, 11) is 0. The van der Waals surface area contributed by atoms with Crippen LogP contribution < -0.4 is 10.6 Å². The van der Waals surface area contributed by atoms with Crippen LogP contribution >= 0.6 is 22.6 Å². The molecule has 1 saturated heterocycles. The first-order valence-corrected chi connectivity index (χ1v) is 7.09. The Morgan fingerprint density at radius 3 is 2.90 bits per heavy atom. The molecule has 2 rings (SSSR count). The van der Waals surface area contributed by atoms with Gasteiger partial charge in [0.15, 0.2) is 0 Å². The lowest BCUT2D eigenvalue weighted by Crippen LogP contribution is -2.50. The number of carbonyl (C=O) groups is 2. The van der Waals surface area contributed by atoms with Crippen molar-refractivity contribution < 1.29 is 14.5 Å². The van der Waals surface area contributed by atoms with E-state index in [1.807, 2.05) is 22.6 Å². The standard InChI is InChI=1S/C12H12IN3O4/c13-9-4-3-7(16(19)20)6-8(9)11(17)15-10-2-1-5-14-12(10)18/h3-4,6,10H,1-2,5H2,(H,14,18)(H,15,17). The van der Waals surface area contributed by atoms with Gasteiger partial charge in [-0.15, -0.1) is 0 Å². The zero-order valence-corrected chi connectivity index (χ0v) is 12.5. The zero-order chi connectivity index (χ0) is 14.7. The molecule has 0 saturated carbocycles. The van der Waals surface area contributed by atoms with Crippen molar-refractivity contribution in [3.8, 4) is 0 Å². The van der Waals surface area contributed by atoms with E-state index in [2.05, 4.69) is 10.6 Å². The quantitative estimate of drug-likeness (QED) is 0.461. The van der Waals surface area contributed by atoms with Crippen molar-refractivity contribution in [3.05, 3.63) is 37.4 Å². The maximum Gasteiger partial charge on any atom is 0.270 e. The fraction of sp³-hybridized carbons (Fsp3) is 0.333. The Bertz CT molecular complexity index is 576. The SMILES string of the molecule is O=C(NC1CCCNC1=O)c1cc([N+](=O)[O-])ccc1I. The van der Waals surface area contributed by atoms with E-state index >= 15 is 0 Å². The summed E-state index contributed by atoms with van der Waals surface area (Å²) >= 11 is 1.93. The third-order valence-corrected chi connectivity index (χ3v) is 3.94. The smallest absolute Gasteiger partial charge is 0.270 e. The number of nitro benzene ring substituents is 1. The van der Waals surface area contributed by atoms with Crippen LogP contribution in [0.2, 0.25) is 0 Å². The maximum absolute atomic E-state index is 12.1. The Morgan fingerprint density at radius 2 is 2.25 bits per heavy atom. The van der Waals surface area contributed by atoms with Crippen LogP contribution in [0.15, 0.2) is 18.2 Å². The summed E-state index contributed by atoms with van der Waals surface area (Å²) in [4.78, 5) is 33.9. The molecule has 0 bridgehead atoms. The van der Waals surface area contributed by atoms with E-state index in [-0.39, 0.29) is 17.2 Å². The second kappa shape index (κ2) is 6.16. The van der Waals surface area contributed by atoms with Crippen LogP contribution in [0.25, 0.3) is 0 Å². The molecule has 1 aliphatic heterocycles. The van der Waals surface area contributed by atoms with Crippen LogP contribution in [-0.2, 0) is 4.79 Å². The first-order chi connectivity index (χ1) is 9.49. The highest BCUT2D eigenvalue weighted by atomic mass is 127. The maximum atomic E-state index is 12.1. The Labute approximate surface area is 128 Å². The van der Waals surface area contributed by atoms with Crippen molar-refractivity contribution in [1.29, 1.82) is 0 Å². The van der Waals surface area contributed by atoms with E-state index in [1.165, 1.54) is 18.2 Å². The molecule has 1 aliphatic rings. The van der Waals surface area contributed by atoms with Gasteiger partial charge in [0.25, 0.3) is 11.6 Å². The van der Waals surface area contributed by atoms with E-state index in [1.54, 1.807) is 0 Å². The minimum absolute atomic E-state index is 0.149. The molecule has 0 aliphatic carbocycles. The summed E-state index contributed by atoms with van der Waals surface area (Å²) in [6.45, 7) is 0.611. The van der Waals surface area contributed by atoms with Gasteiger partial charge >= 0.3 is 0 Å². The second-order valence-electron chi connectivity index (χ2n) is 4.38. The summed E-state index contributed by atoms with van der Waals surface area (Å²) in [5.74, 6) is -0.690. The van der Waals surface area contributed by atoms with E-state index in [9.17, 15) is 19.7 Å². The third kappa shape index (κ3) is 3.24.